The van der Waals surface area contributed by atoms with E-state index in [2.05, 4.69) is 16.8 Å². The van der Waals surface area contributed by atoms with Gasteiger partial charge in [-0.25, -0.2) is 0 Å². The van der Waals surface area contributed by atoms with E-state index in [-0.39, 0.29) is 25.1 Å². The highest BCUT2D eigenvalue weighted by Gasteiger charge is 2.33. The summed E-state index contributed by atoms with van der Waals surface area (Å²) in [6.07, 6.45) is 11.7. The SMILES string of the molecule is C/C=C\O[C@@H]1CC(OCCC(CCCCCCC)OC)[C@H](N=O)CO1.COC. The summed E-state index contributed by atoms with van der Waals surface area (Å²) in [4.78, 5) is 11.0. The third-order valence-corrected chi connectivity index (χ3v) is 4.54. The number of unbranched alkanes of at least 4 members (excludes halogenated alkanes) is 4. The van der Waals surface area contributed by atoms with E-state index in [9.17, 15) is 4.91 Å². The second-order valence-electron chi connectivity index (χ2n) is 6.94. The first-order chi connectivity index (χ1) is 13.7. The van der Waals surface area contributed by atoms with Crippen molar-refractivity contribution in [1.82, 2.24) is 0 Å². The predicted molar refractivity (Wildman–Crippen MR) is 111 cm³/mol. The molecule has 4 atom stereocenters. The third-order valence-electron chi connectivity index (χ3n) is 4.54. The van der Waals surface area contributed by atoms with Crippen LogP contribution < -0.4 is 0 Å². The van der Waals surface area contributed by atoms with Crippen LogP contribution in [0.25, 0.3) is 0 Å². The Morgan fingerprint density at radius 2 is 1.86 bits per heavy atom. The summed E-state index contributed by atoms with van der Waals surface area (Å²) in [5.74, 6) is 0. The average molecular weight is 404 g/mol. The molecular weight excluding hydrogens is 362 g/mol. The molecule has 1 heterocycles. The molecule has 1 fully saturated rings. The molecule has 2 unspecified atom stereocenters. The zero-order valence-corrected chi connectivity index (χ0v) is 18.4. The standard InChI is InChI=1S/C19H35NO5.C2H6O/c1-4-6-7-8-9-10-16(22-3)11-13-23-18-14-19(24-12-5-2)25-15-17(18)20-21;1-3-2/h5,12,16-19H,4,6-11,13-15H2,1-3H3;1-2H3/b12-5-;/t16?,17-,18?,19+;/m1./s1. The largest absolute Gasteiger partial charge is 0.473 e. The third kappa shape index (κ3) is 13.2. The van der Waals surface area contributed by atoms with Crippen LogP contribution in [0, 0.1) is 4.91 Å². The van der Waals surface area contributed by atoms with Gasteiger partial charge in [0.2, 0.25) is 6.29 Å². The molecule has 7 heteroatoms. The normalized spacial score (nSPS) is 23.1. The number of nitrogens with zero attached hydrogens (tertiary/aromatic N) is 1. The first-order valence-corrected chi connectivity index (χ1v) is 10.4. The molecule has 0 radical (unpaired) electrons. The highest BCUT2D eigenvalue weighted by Crippen LogP contribution is 2.22. The van der Waals surface area contributed by atoms with Gasteiger partial charge in [-0.05, 0) is 19.8 Å². The molecule has 1 aliphatic heterocycles. The number of hydrogen-bond donors (Lipinski definition) is 0. The molecular formula is C21H41NO6. The van der Waals surface area contributed by atoms with E-state index in [4.69, 9.17) is 18.9 Å². The van der Waals surface area contributed by atoms with Crippen LogP contribution in [-0.2, 0) is 23.7 Å². The van der Waals surface area contributed by atoms with Gasteiger partial charge in [-0.15, -0.1) is 0 Å². The van der Waals surface area contributed by atoms with Crippen LogP contribution in [0.15, 0.2) is 17.5 Å². The monoisotopic (exact) mass is 403 g/mol. The van der Waals surface area contributed by atoms with Gasteiger partial charge < -0.3 is 23.7 Å². The maximum atomic E-state index is 11.0. The first kappa shape index (κ1) is 27.0. The van der Waals surface area contributed by atoms with Crippen LogP contribution >= 0.6 is 0 Å². The summed E-state index contributed by atoms with van der Waals surface area (Å²) < 4.78 is 26.6. The summed E-state index contributed by atoms with van der Waals surface area (Å²) in [5, 5.41) is 3.13. The van der Waals surface area contributed by atoms with E-state index in [1.54, 1.807) is 33.7 Å². The lowest BCUT2D eigenvalue weighted by Gasteiger charge is -2.32. The Balaban J connectivity index is 0.00000227. The molecule has 1 saturated heterocycles. The summed E-state index contributed by atoms with van der Waals surface area (Å²) >= 11 is 0. The fourth-order valence-electron chi connectivity index (χ4n) is 2.97. The first-order valence-electron chi connectivity index (χ1n) is 10.4. The lowest BCUT2D eigenvalue weighted by Crippen LogP contribution is -2.42. The highest BCUT2D eigenvalue weighted by atomic mass is 16.7. The van der Waals surface area contributed by atoms with Gasteiger partial charge in [-0.1, -0.05) is 50.3 Å². The van der Waals surface area contributed by atoms with E-state index in [0.29, 0.717) is 13.0 Å². The molecule has 166 valence electrons. The molecule has 1 aliphatic rings. The van der Waals surface area contributed by atoms with Gasteiger partial charge in [0.1, 0.15) is 6.04 Å². The Bertz CT molecular complexity index is 380. The van der Waals surface area contributed by atoms with Crippen LogP contribution in [0.3, 0.4) is 0 Å². The van der Waals surface area contributed by atoms with Gasteiger partial charge in [0.05, 0.1) is 25.1 Å². The van der Waals surface area contributed by atoms with Crippen molar-refractivity contribution < 1.29 is 23.7 Å². The van der Waals surface area contributed by atoms with Crippen LogP contribution in [0.5, 0.6) is 0 Å². The molecule has 0 N–H and O–H groups in total. The van der Waals surface area contributed by atoms with E-state index >= 15 is 0 Å². The maximum Gasteiger partial charge on any atom is 0.201 e. The quantitative estimate of drug-likeness (QED) is 0.235. The molecule has 0 amide bonds. The average Bonchev–Trinajstić information content (AvgIpc) is 2.71. The number of allylic oxidation sites excluding steroid dienone is 1. The number of rotatable bonds is 14. The van der Waals surface area contributed by atoms with Crippen molar-refractivity contribution in [2.45, 2.75) is 89.8 Å². The van der Waals surface area contributed by atoms with E-state index < -0.39 is 6.04 Å². The minimum atomic E-state index is -0.472. The fraction of sp³-hybridized carbons (Fsp3) is 0.905. The molecule has 1 rings (SSSR count). The van der Waals surface area contributed by atoms with Gasteiger partial charge in [-0.3, -0.25) is 0 Å². The summed E-state index contributed by atoms with van der Waals surface area (Å²) in [6, 6.07) is -0.472. The lowest BCUT2D eigenvalue weighted by atomic mass is 10.1. The van der Waals surface area contributed by atoms with Gasteiger partial charge in [-0.2, -0.15) is 4.91 Å². The van der Waals surface area contributed by atoms with Gasteiger partial charge in [0.25, 0.3) is 0 Å². The Labute approximate surface area is 171 Å². The lowest BCUT2D eigenvalue weighted by molar-refractivity contribution is -0.175. The van der Waals surface area contributed by atoms with Crippen LogP contribution in [0.2, 0.25) is 0 Å². The Morgan fingerprint density at radius 1 is 1.14 bits per heavy atom. The van der Waals surface area contributed by atoms with Crippen LogP contribution in [0.4, 0.5) is 0 Å². The highest BCUT2D eigenvalue weighted by molar-refractivity contribution is 4.83. The van der Waals surface area contributed by atoms with Gasteiger partial charge in [0.15, 0.2) is 0 Å². The molecule has 0 aromatic carbocycles. The molecule has 0 aliphatic carbocycles. The van der Waals surface area contributed by atoms with Crippen LogP contribution in [0.1, 0.15) is 65.2 Å². The van der Waals surface area contributed by atoms with Crippen LogP contribution in [-0.4, -0.2) is 59.1 Å². The van der Waals surface area contributed by atoms with Crippen molar-refractivity contribution in [2.75, 3.05) is 34.5 Å². The topological polar surface area (TPSA) is 75.6 Å². The predicted octanol–water partition coefficient (Wildman–Crippen LogP) is 4.83. The molecule has 0 aromatic rings. The van der Waals surface area contributed by atoms with Crippen molar-refractivity contribution in [3.05, 3.63) is 17.2 Å². The zero-order chi connectivity index (χ0) is 21.0. The molecule has 0 bridgehead atoms. The Morgan fingerprint density at radius 3 is 2.46 bits per heavy atom. The number of ether oxygens (including phenoxy) is 5. The smallest absolute Gasteiger partial charge is 0.201 e. The maximum absolute atomic E-state index is 11.0. The van der Waals surface area contributed by atoms with Crippen molar-refractivity contribution in [3.8, 4) is 0 Å². The van der Waals surface area contributed by atoms with Crippen molar-refractivity contribution in [1.29, 1.82) is 0 Å². The molecule has 0 aromatic heterocycles. The van der Waals surface area contributed by atoms with Crippen molar-refractivity contribution >= 4 is 0 Å². The molecule has 7 nitrogen and oxygen atoms in total. The minimum Gasteiger partial charge on any atom is -0.473 e. The zero-order valence-electron chi connectivity index (χ0n) is 18.4. The number of hydrogen-bond acceptors (Lipinski definition) is 7. The molecule has 0 spiro atoms. The Hall–Kier alpha value is -1.02. The second kappa shape index (κ2) is 19.3. The summed E-state index contributed by atoms with van der Waals surface area (Å²) in [6.45, 7) is 4.89. The van der Waals surface area contributed by atoms with E-state index in [0.717, 1.165) is 12.8 Å². The summed E-state index contributed by atoms with van der Waals surface area (Å²) in [7, 11) is 5.00. The fourth-order valence-corrected chi connectivity index (χ4v) is 2.97. The molecule has 0 saturated carbocycles. The minimum absolute atomic E-state index is 0.208. The number of methoxy groups -OCH3 is 2. The van der Waals surface area contributed by atoms with Gasteiger partial charge >= 0.3 is 0 Å². The second-order valence-corrected chi connectivity index (χ2v) is 6.94. The van der Waals surface area contributed by atoms with Crippen molar-refractivity contribution in [2.24, 2.45) is 5.18 Å². The molecule has 28 heavy (non-hydrogen) atoms. The number of nitroso groups, excluding NO2 is 1. The van der Waals surface area contributed by atoms with E-state index in [1.807, 2.05) is 6.92 Å². The summed E-state index contributed by atoms with van der Waals surface area (Å²) in [5.41, 5.74) is 0. The van der Waals surface area contributed by atoms with E-state index in [1.165, 1.54) is 32.1 Å². The van der Waals surface area contributed by atoms with Gasteiger partial charge in [0, 0.05) is 34.4 Å². The Kier molecular flexibility index (Phi) is 18.6. The van der Waals surface area contributed by atoms with Crippen molar-refractivity contribution in [3.63, 3.8) is 0 Å².